The minimum Gasteiger partial charge on any atom is -0.107 e. The molecule has 0 aliphatic carbocycles. The van der Waals surface area contributed by atoms with E-state index in [2.05, 4.69) is 20.8 Å². The van der Waals surface area contributed by atoms with Crippen molar-refractivity contribution < 1.29 is 0 Å². The minimum atomic E-state index is 0.370. The zero-order valence-electron chi connectivity index (χ0n) is 17.6. The average Bonchev–Trinajstić information content (AvgIpc) is 2.59. The van der Waals surface area contributed by atoms with Crippen molar-refractivity contribution in [3.63, 3.8) is 0 Å². The fourth-order valence-electron chi connectivity index (χ4n) is 3.51. The van der Waals surface area contributed by atoms with Crippen LogP contribution in [-0.2, 0) is 0 Å². The van der Waals surface area contributed by atoms with Gasteiger partial charge in [0.25, 0.3) is 0 Å². The average molecular weight is 357 g/mol. The molecule has 0 aliphatic heterocycles. The zero-order chi connectivity index (χ0) is 17.7. The minimum absolute atomic E-state index is 0.370. The summed E-state index contributed by atoms with van der Waals surface area (Å²) >= 11 is 0. The zero-order valence-corrected chi connectivity index (χ0v) is 18.5. The molecule has 0 aromatic rings. The van der Waals surface area contributed by atoms with Crippen molar-refractivity contribution >= 4 is 7.92 Å². The molecule has 0 bridgehead atoms. The van der Waals surface area contributed by atoms with Crippen LogP contribution in [0.15, 0.2) is 0 Å². The van der Waals surface area contributed by atoms with Crippen molar-refractivity contribution in [2.45, 2.75) is 130 Å². The van der Waals surface area contributed by atoms with Crippen LogP contribution in [0.1, 0.15) is 130 Å². The summed E-state index contributed by atoms with van der Waals surface area (Å²) in [7, 11) is 0.370. The van der Waals surface area contributed by atoms with Crippen LogP contribution in [0.3, 0.4) is 0 Å². The Morgan fingerprint density at radius 3 is 0.875 bits per heavy atom. The van der Waals surface area contributed by atoms with Crippen molar-refractivity contribution in [2.75, 3.05) is 18.5 Å². The largest absolute Gasteiger partial charge is 0.107 e. The van der Waals surface area contributed by atoms with Gasteiger partial charge in [-0.15, -0.1) is 7.92 Å². The van der Waals surface area contributed by atoms with Crippen molar-refractivity contribution in [1.29, 1.82) is 0 Å². The highest BCUT2D eigenvalue weighted by Crippen LogP contribution is 2.39. The highest BCUT2D eigenvalue weighted by atomic mass is 31.1. The smallest absolute Gasteiger partial charge is 0.0326 e. The molecule has 0 heterocycles. The van der Waals surface area contributed by atoms with E-state index in [4.69, 9.17) is 0 Å². The summed E-state index contributed by atoms with van der Waals surface area (Å²) in [5, 5.41) is 0. The van der Waals surface area contributed by atoms with Gasteiger partial charge in [-0.3, -0.25) is 0 Å². The van der Waals surface area contributed by atoms with Crippen LogP contribution >= 0.6 is 7.92 Å². The van der Waals surface area contributed by atoms with Gasteiger partial charge in [0.2, 0.25) is 0 Å². The Morgan fingerprint density at radius 1 is 0.333 bits per heavy atom. The molecule has 0 spiro atoms. The Hall–Kier alpha value is 0.430. The molecule has 0 unspecified atom stereocenters. The summed E-state index contributed by atoms with van der Waals surface area (Å²) in [5.74, 6) is 0. The van der Waals surface area contributed by atoms with Crippen LogP contribution in [0.4, 0.5) is 0 Å². The van der Waals surface area contributed by atoms with E-state index in [1.807, 2.05) is 0 Å². The van der Waals surface area contributed by atoms with E-state index in [0.717, 1.165) is 0 Å². The van der Waals surface area contributed by atoms with E-state index in [1.54, 1.807) is 18.5 Å². The molecule has 0 aromatic heterocycles. The number of unbranched alkanes of at least 4 members (excludes halogenated alkanes) is 14. The van der Waals surface area contributed by atoms with E-state index >= 15 is 0 Å². The molecule has 0 fully saturated rings. The molecule has 0 N–H and O–H groups in total. The Bertz CT molecular complexity index is 200. The predicted molar refractivity (Wildman–Crippen MR) is 117 cm³/mol. The third-order valence-electron chi connectivity index (χ3n) is 5.23. The monoisotopic (exact) mass is 356 g/mol. The fraction of sp³-hybridized carbons (Fsp3) is 1.00. The van der Waals surface area contributed by atoms with Crippen LogP contribution in [0.25, 0.3) is 0 Å². The second-order valence-electron chi connectivity index (χ2n) is 7.79. The first-order chi connectivity index (χ1) is 11.8. The van der Waals surface area contributed by atoms with Gasteiger partial charge in [0.05, 0.1) is 0 Å². The van der Waals surface area contributed by atoms with E-state index in [9.17, 15) is 0 Å². The van der Waals surface area contributed by atoms with Gasteiger partial charge in [0, 0.05) is 0 Å². The molecular formula is C23H49P. The molecule has 0 amide bonds. The standard InChI is InChI=1S/C23H49P/c1-4-7-10-13-14-17-20-23-24(21-18-15-11-8-5-2)22-19-16-12-9-6-3/h4-23H2,1-3H3. The van der Waals surface area contributed by atoms with Crippen LogP contribution in [0, 0.1) is 0 Å². The van der Waals surface area contributed by atoms with E-state index < -0.39 is 0 Å². The van der Waals surface area contributed by atoms with Gasteiger partial charge in [-0.05, 0) is 37.7 Å². The molecule has 0 aromatic carbocycles. The summed E-state index contributed by atoms with van der Waals surface area (Å²) in [6, 6.07) is 0. The lowest BCUT2D eigenvalue weighted by Gasteiger charge is -2.18. The lowest BCUT2D eigenvalue weighted by Crippen LogP contribution is -1.97. The molecule has 0 saturated heterocycles. The Labute approximate surface area is 156 Å². The molecule has 0 rings (SSSR count). The third kappa shape index (κ3) is 18.8. The molecule has 0 aliphatic rings. The summed E-state index contributed by atoms with van der Waals surface area (Å²) in [6.45, 7) is 6.96. The second-order valence-corrected chi connectivity index (χ2v) is 10.5. The second kappa shape index (κ2) is 21.5. The van der Waals surface area contributed by atoms with Crippen molar-refractivity contribution in [1.82, 2.24) is 0 Å². The first kappa shape index (κ1) is 24.4. The topological polar surface area (TPSA) is 0 Å². The van der Waals surface area contributed by atoms with Gasteiger partial charge < -0.3 is 0 Å². The Morgan fingerprint density at radius 2 is 0.583 bits per heavy atom. The molecule has 146 valence electrons. The van der Waals surface area contributed by atoms with Crippen molar-refractivity contribution in [2.24, 2.45) is 0 Å². The van der Waals surface area contributed by atoms with Gasteiger partial charge in [-0.2, -0.15) is 0 Å². The summed E-state index contributed by atoms with van der Waals surface area (Å²) in [6.07, 6.45) is 29.7. The highest BCUT2D eigenvalue weighted by molar-refractivity contribution is 7.57. The van der Waals surface area contributed by atoms with Gasteiger partial charge in [0.1, 0.15) is 0 Å². The maximum Gasteiger partial charge on any atom is -0.0326 e. The highest BCUT2D eigenvalue weighted by Gasteiger charge is 2.07. The molecule has 24 heavy (non-hydrogen) atoms. The molecule has 0 saturated carbocycles. The van der Waals surface area contributed by atoms with Crippen LogP contribution in [0.2, 0.25) is 0 Å². The molecule has 0 radical (unpaired) electrons. The quantitative estimate of drug-likeness (QED) is 0.151. The van der Waals surface area contributed by atoms with Gasteiger partial charge in [-0.1, -0.05) is 111 Å². The number of rotatable bonds is 20. The maximum atomic E-state index is 2.32. The van der Waals surface area contributed by atoms with E-state index in [0.29, 0.717) is 7.92 Å². The molecule has 1 heteroatoms. The van der Waals surface area contributed by atoms with Crippen molar-refractivity contribution in [3.8, 4) is 0 Å². The first-order valence-corrected chi connectivity index (χ1v) is 13.5. The van der Waals surface area contributed by atoms with Gasteiger partial charge >= 0.3 is 0 Å². The van der Waals surface area contributed by atoms with Gasteiger partial charge in [0.15, 0.2) is 0 Å². The number of hydrogen-bond donors (Lipinski definition) is 0. The van der Waals surface area contributed by atoms with Crippen LogP contribution in [0.5, 0.6) is 0 Å². The Balaban J connectivity index is 3.72. The molecular weight excluding hydrogens is 307 g/mol. The first-order valence-electron chi connectivity index (χ1n) is 11.6. The Kier molecular flexibility index (Phi) is 21.9. The fourth-order valence-corrected chi connectivity index (χ4v) is 6.19. The normalized spacial score (nSPS) is 11.5. The summed E-state index contributed by atoms with van der Waals surface area (Å²) in [5.41, 5.74) is 0. The van der Waals surface area contributed by atoms with Crippen LogP contribution < -0.4 is 0 Å². The van der Waals surface area contributed by atoms with Crippen LogP contribution in [-0.4, -0.2) is 18.5 Å². The lowest BCUT2D eigenvalue weighted by atomic mass is 10.1. The van der Waals surface area contributed by atoms with E-state index in [-0.39, 0.29) is 0 Å². The van der Waals surface area contributed by atoms with E-state index in [1.165, 1.54) is 109 Å². The summed E-state index contributed by atoms with van der Waals surface area (Å²) in [4.78, 5) is 0. The predicted octanol–water partition coefficient (Wildman–Crippen LogP) is 9.16. The molecule has 0 atom stereocenters. The summed E-state index contributed by atoms with van der Waals surface area (Å²) < 4.78 is 0. The third-order valence-corrected chi connectivity index (χ3v) is 8.08. The SMILES string of the molecule is CCCCCCCCCP(CCCCCCC)CCCCCCC. The molecule has 0 nitrogen and oxygen atoms in total. The van der Waals surface area contributed by atoms with Gasteiger partial charge in [-0.25, -0.2) is 0 Å². The van der Waals surface area contributed by atoms with Crippen molar-refractivity contribution in [3.05, 3.63) is 0 Å². The lowest BCUT2D eigenvalue weighted by molar-refractivity contribution is 0.602. The number of hydrogen-bond acceptors (Lipinski definition) is 0. The maximum absolute atomic E-state index is 2.32.